The Hall–Kier alpha value is -1.46. The van der Waals surface area contributed by atoms with Crippen molar-refractivity contribution in [1.29, 1.82) is 0 Å². The van der Waals surface area contributed by atoms with Gasteiger partial charge in [-0.1, -0.05) is 37.0 Å². The second-order valence-corrected chi connectivity index (χ2v) is 6.46. The van der Waals surface area contributed by atoms with Crippen LogP contribution in [-0.2, 0) is 4.79 Å². The van der Waals surface area contributed by atoms with Gasteiger partial charge in [0.05, 0.1) is 10.0 Å². The number of hydrogen-bond donors (Lipinski definition) is 2. The van der Waals surface area contributed by atoms with Crippen LogP contribution in [0.2, 0.25) is 10.0 Å². The fourth-order valence-electron chi connectivity index (χ4n) is 1.90. The van der Waals surface area contributed by atoms with E-state index in [-0.39, 0.29) is 11.8 Å². The van der Waals surface area contributed by atoms with Gasteiger partial charge >= 0.3 is 6.03 Å². The largest absolute Gasteiger partial charge is 0.347 e. The zero-order valence-corrected chi connectivity index (χ0v) is 14.6. The van der Waals surface area contributed by atoms with Crippen molar-refractivity contribution in [3.05, 3.63) is 28.2 Å². The standard InChI is InChI=1S/C15H21Cl2N3O2/c1-9(2)7-13(14(21)20(3)4)19-15(22)18-10-5-6-11(16)12(17)8-10/h5-6,8-9,13H,7H2,1-4H3,(H2,18,19,22). The molecule has 7 heteroatoms. The molecule has 0 saturated heterocycles. The molecule has 5 nitrogen and oxygen atoms in total. The predicted octanol–water partition coefficient (Wildman–Crippen LogP) is 3.62. The van der Waals surface area contributed by atoms with E-state index in [0.29, 0.717) is 22.2 Å². The van der Waals surface area contributed by atoms with E-state index in [1.54, 1.807) is 32.3 Å². The molecule has 2 N–H and O–H groups in total. The van der Waals surface area contributed by atoms with Crippen LogP contribution in [0, 0.1) is 5.92 Å². The Labute approximate surface area is 141 Å². The number of rotatable bonds is 5. The van der Waals surface area contributed by atoms with Crippen LogP contribution in [0.25, 0.3) is 0 Å². The lowest BCUT2D eigenvalue weighted by molar-refractivity contribution is -0.131. The average molecular weight is 346 g/mol. The molecule has 0 bridgehead atoms. The zero-order valence-electron chi connectivity index (χ0n) is 13.1. The molecule has 122 valence electrons. The van der Waals surface area contributed by atoms with Crippen molar-refractivity contribution in [3.63, 3.8) is 0 Å². The van der Waals surface area contributed by atoms with Crippen LogP contribution < -0.4 is 10.6 Å². The van der Waals surface area contributed by atoms with E-state index in [0.717, 1.165) is 0 Å². The Morgan fingerprint density at radius 2 is 1.82 bits per heavy atom. The Morgan fingerprint density at radius 1 is 1.18 bits per heavy atom. The summed E-state index contributed by atoms with van der Waals surface area (Å²) in [4.78, 5) is 25.6. The molecule has 3 amide bonds. The van der Waals surface area contributed by atoms with Gasteiger partial charge < -0.3 is 15.5 Å². The molecule has 1 unspecified atom stereocenters. The predicted molar refractivity (Wildman–Crippen MR) is 90.6 cm³/mol. The molecule has 0 fully saturated rings. The van der Waals surface area contributed by atoms with Crippen LogP contribution in [0.15, 0.2) is 18.2 Å². The maximum atomic E-state index is 12.1. The maximum Gasteiger partial charge on any atom is 0.319 e. The molecule has 0 radical (unpaired) electrons. The summed E-state index contributed by atoms with van der Waals surface area (Å²) in [6.07, 6.45) is 0.561. The number of carbonyl (C=O) groups excluding carboxylic acids is 2. The Kier molecular flexibility index (Phi) is 6.97. The van der Waals surface area contributed by atoms with Crippen LogP contribution in [-0.4, -0.2) is 37.0 Å². The third-order valence-corrected chi connectivity index (χ3v) is 3.67. The SMILES string of the molecule is CC(C)CC(NC(=O)Nc1ccc(Cl)c(Cl)c1)C(=O)N(C)C. The van der Waals surface area contributed by atoms with Gasteiger partial charge in [-0.25, -0.2) is 4.79 Å². The summed E-state index contributed by atoms with van der Waals surface area (Å²) in [5.74, 6) is 0.136. The number of benzene rings is 1. The van der Waals surface area contributed by atoms with Crippen molar-refractivity contribution in [2.45, 2.75) is 26.3 Å². The second-order valence-electron chi connectivity index (χ2n) is 5.64. The van der Waals surface area contributed by atoms with Crippen LogP contribution in [0.4, 0.5) is 10.5 Å². The maximum absolute atomic E-state index is 12.1. The van der Waals surface area contributed by atoms with Gasteiger partial charge in [0.15, 0.2) is 0 Å². The van der Waals surface area contributed by atoms with Crippen molar-refractivity contribution in [1.82, 2.24) is 10.2 Å². The van der Waals surface area contributed by atoms with Gasteiger partial charge in [0.2, 0.25) is 5.91 Å². The highest BCUT2D eigenvalue weighted by Gasteiger charge is 2.23. The number of likely N-dealkylation sites (N-methyl/N-ethyl adjacent to an activating group) is 1. The summed E-state index contributed by atoms with van der Waals surface area (Å²) in [5.41, 5.74) is 0.507. The van der Waals surface area contributed by atoms with Gasteiger partial charge in [-0.3, -0.25) is 4.79 Å². The van der Waals surface area contributed by atoms with Gasteiger partial charge in [-0.15, -0.1) is 0 Å². The Morgan fingerprint density at radius 3 is 2.32 bits per heavy atom. The molecular weight excluding hydrogens is 325 g/mol. The molecule has 0 aliphatic rings. The molecule has 0 aliphatic carbocycles. The van der Waals surface area contributed by atoms with Crippen LogP contribution in [0.1, 0.15) is 20.3 Å². The van der Waals surface area contributed by atoms with Crippen molar-refractivity contribution >= 4 is 40.8 Å². The Balaban J connectivity index is 2.73. The molecule has 0 aliphatic heterocycles. The fourth-order valence-corrected chi connectivity index (χ4v) is 2.20. The first-order valence-corrected chi connectivity index (χ1v) is 7.70. The molecule has 0 aromatic heterocycles. The minimum Gasteiger partial charge on any atom is -0.347 e. The van der Waals surface area contributed by atoms with Crippen molar-refractivity contribution in [2.24, 2.45) is 5.92 Å². The number of amides is 3. The van der Waals surface area contributed by atoms with E-state index in [9.17, 15) is 9.59 Å². The lowest BCUT2D eigenvalue weighted by Crippen LogP contribution is -2.48. The number of anilines is 1. The monoisotopic (exact) mass is 345 g/mol. The summed E-state index contributed by atoms with van der Waals surface area (Å²) in [7, 11) is 3.32. The molecule has 0 spiro atoms. The molecule has 1 aromatic carbocycles. The summed E-state index contributed by atoms with van der Waals surface area (Å²) in [6, 6.07) is 3.75. The number of nitrogens with zero attached hydrogens (tertiary/aromatic N) is 1. The Bertz CT molecular complexity index is 548. The third kappa shape index (κ3) is 5.73. The molecule has 0 heterocycles. The smallest absolute Gasteiger partial charge is 0.319 e. The first-order valence-electron chi connectivity index (χ1n) is 6.94. The van der Waals surface area contributed by atoms with E-state index in [2.05, 4.69) is 10.6 Å². The molecule has 22 heavy (non-hydrogen) atoms. The van der Waals surface area contributed by atoms with Crippen LogP contribution in [0.3, 0.4) is 0 Å². The number of urea groups is 1. The van der Waals surface area contributed by atoms with E-state index in [1.807, 2.05) is 13.8 Å². The first kappa shape index (κ1) is 18.6. The van der Waals surface area contributed by atoms with E-state index >= 15 is 0 Å². The fraction of sp³-hybridized carbons (Fsp3) is 0.467. The minimum absolute atomic E-state index is 0.141. The first-order chi connectivity index (χ1) is 10.2. The summed E-state index contributed by atoms with van der Waals surface area (Å²) in [5, 5.41) is 6.10. The van der Waals surface area contributed by atoms with E-state index in [1.165, 1.54) is 4.90 Å². The quantitative estimate of drug-likeness (QED) is 0.855. The molecule has 1 aromatic rings. The number of halogens is 2. The molecular formula is C15H21Cl2N3O2. The van der Waals surface area contributed by atoms with Gasteiger partial charge in [0.25, 0.3) is 0 Å². The second kappa shape index (κ2) is 8.25. The number of hydrogen-bond acceptors (Lipinski definition) is 2. The zero-order chi connectivity index (χ0) is 16.9. The van der Waals surface area contributed by atoms with E-state index < -0.39 is 12.1 Å². The summed E-state index contributed by atoms with van der Waals surface area (Å²) >= 11 is 11.7. The van der Waals surface area contributed by atoms with Crippen molar-refractivity contribution in [2.75, 3.05) is 19.4 Å². The van der Waals surface area contributed by atoms with Crippen molar-refractivity contribution < 1.29 is 9.59 Å². The van der Waals surface area contributed by atoms with Gasteiger partial charge in [0, 0.05) is 19.8 Å². The van der Waals surface area contributed by atoms with Crippen LogP contribution >= 0.6 is 23.2 Å². The van der Waals surface area contributed by atoms with Gasteiger partial charge in [0.1, 0.15) is 6.04 Å². The molecule has 1 rings (SSSR count). The summed E-state index contributed by atoms with van der Waals surface area (Å²) < 4.78 is 0. The summed E-state index contributed by atoms with van der Waals surface area (Å²) in [6.45, 7) is 3.99. The lowest BCUT2D eigenvalue weighted by Gasteiger charge is -2.23. The highest BCUT2D eigenvalue weighted by molar-refractivity contribution is 6.42. The molecule has 0 saturated carbocycles. The minimum atomic E-state index is -0.572. The molecule has 1 atom stereocenters. The lowest BCUT2D eigenvalue weighted by atomic mass is 10.0. The average Bonchev–Trinajstić information content (AvgIpc) is 2.40. The normalized spacial score (nSPS) is 12.0. The number of carbonyl (C=O) groups is 2. The highest BCUT2D eigenvalue weighted by atomic mass is 35.5. The van der Waals surface area contributed by atoms with Crippen molar-refractivity contribution in [3.8, 4) is 0 Å². The third-order valence-electron chi connectivity index (χ3n) is 2.93. The highest BCUT2D eigenvalue weighted by Crippen LogP contribution is 2.24. The number of nitrogens with one attached hydrogen (secondary N) is 2. The van der Waals surface area contributed by atoms with E-state index in [4.69, 9.17) is 23.2 Å². The topological polar surface area (TPSA) is 61.4 Å². The van der Waals surface area contributed by atoms with Crippen LogP contribution in [0.5, 0.6) is 0 Å². The van der Waals surface area contributed by atoms with Gasteiger partial charge in [-0.05, 0) is 30.5 Å². The van der Waals surface area contributed by atoms with Gasteiger partial charge in [-0.2, -0.15) is 0 Å².